The number of carbonyl (C=O) groups is 1. The van der Waals surface area contributed by atoms with Gasteiger partial charge in [-0.3, -0.25) is 4.98 Å². The first kappa shape index (κ1) is 23.2. The molecule has 1 aliphatic carbocycles. The highest BCUT2D eigenvalue weighted by molar-refractivity contribution is 6.29. The average molecular weight is 508 g/mol. The van der Waals surface area contributed by atoms with Crippen molar-refractivity contribution < 1.29 is 13.9 Å². The molecule has 0 N–H and O–H groups in total. The first-order chi connectivity index (χ1) is 17.2. The first-order valence-electron chi connectivity index (χ1n) is 12.3. The van der Waals surface area contributed by atoms with Crippen LogP contribution in [-0.4, -0.2) is 49.2 Å². The Balaban J connectivity index is 1.47. The number of pyridine rings is 2. The predicted octanol–water partition coefficient (Wildman–Crippen LogP) is 6.50. The minimum absolute atomic E-state index is 0.0690. The number of hydrogen-bond acceptors (Lipinski definition) is 5. The van der Waals surface area contributed by atoms with Crippen LogP contribution in [0.2, 0.25) is 5.15 Å². The maximum absolute atomic E-state index is 14.6. The molecule has 0 unspecified atom stereocenters. The number of hydrogen-bond donors (Lipinski definition) is 0. The van der Waals surface area contributed by atoms with Crippen LogP contribution in [0.5, 0.6) is 0 Å². The summed E-state index contributed by atoms with van der Waals surface area (Å²) in [6.07, 6.45) is 5.67. The molecule has 186 valence electrons. The highest BCUT2D eigenvalue weighted by Gasteiger charge is 2.37. The summed E-state index contributed by atoms with van der Waals surface area (Å²) in [6, 6.07) is 7.30. The van der Waals surface area contributed by atoms with E-state index in [1.54, 1.807) is 4.90 Å². The topological polar surface area (TPSA) is 73.1 Å². The quantitative estimate of drug-likeness (QED) is 0.296. The first-order valence-corrected chi connectivity index (χ1v) is 12.7. The van der Waals surface area contributed by atoms with Crippen molar-refractivity contribution in [2.45, 2.75) is 57.6 Å². The van der Waals surface area contributed by atoms with Crippen molar-refractivity contribution in [3.05, 3.63) is 53.5 Å². The number of imidazole rings is 1. The van der Waals surface area contributed by atoms with Gasteiger partial charge in [-0.1, -0.05) is 17.7 Å². The molecule has 36 heavy (non-hydrogen) atoms. The molecule has 2 fully saturated rings. The number of fused-ring (bicyclic) bond motifs is 3. The zero-order valence-electron chi connectivity index (χ0n) is 20.5. The van der Waals surface area contributed by atoms with Crippen LogP contribution in [-0.2, 0) is 4.74 Å². The predicted molar refractivity (Wildman–Crippen MR) is 137 cm³/mol. The van der Waals surface area contributed by atoms with Crippen LogP contribution in [0.25, 0.3) is 33.1 Å². The molecule has 1 atom stereocenters. The molecule has 4 heterocycles. The second-order valence-electron chi connectivity index (χ2n) is 10.7. The Morgan fingerprint density at radius 2 is 1.92 bits per heavy atom. The Morgan fingerprint density at radius 3 is 2.67 bits per heavy atom. The number of ether oxygens (including phenoxy) is 1. The van der Waals surface area contributed by atoms with Gasteiger partial charge in [0, 0.05) is 30.0 Å². The number of carbonyl (C=O) groups excluding carboxylic acids is 1. The van der Waals surface area contributed by atoms with Crippen molar-refractivity contribution in [2.24, 2.45) is 0 Å². The lowest BCUT2D eigenvalue weighted by atomic mass is 10.0. The molecule has 1 saturated carbocycles. The summed E-state index contributed by atoms with van der Waals surface area (Å²) < 4.78 is 22.6. The summed E-state index contributed by atoms with van der Waals surface area (Å²) in [5, 5.41) is 1.13. The molecule has 1 aromatic carbocycles. The molecule has 7 nitrogen and oxygen atoms in total. The van der Waals surface area contributed by atoms with Gasteiger partial charge < -0.3 is 14.2 Å². The van der Waals surface area contributed by atoms with Crippen LogP contribution in [0, 0.1) is 5.82 Å². The molecular formula is C27H27ClFN5O2. The lowest BCUT2D eigenvalue weighted by molar-refractivity contribution is 0.0289. The highest BCUT2D eigenvalue weighted by atomic mass is 35.5. The van der Waals surface area contributed by atoms with E-state index in [1.807, 2.05) is 45.2 Å². The fourth-order valence-corrected chi connectivity index (χ4v) is 5.20. The average Bonchev–Trinajstić information content (AvgIpc) is 3.42. The minimum atomic E-state index is -0.542. The van der Waals surface area contributed by atoms with Crippen molar-refractivity contribution in [3.63, 3.8) is 0 Å². The Hall–Kier alpha value is -3.26. The third-order valence-electron chi connectivity index (χ3n) is 6.80. The van der Waals surface area contributed by atoms with Gasteiger partial charge in [0.15, 0.2) is 0 Å². The van der Waals surface area contributed by atoms with Crippen LogP contribution in [0.3, 0.4) is 0 Å². The van der Waals surface area contributed by atoms with E-state index in [4.69, 9.17) is 21.3 Å². The second kappa shape index (κ2) is 8.40. The number of rotatable bonds is 3. The van der Waals surface area contributed by atoms with E-state index in [0.717, 1.165) is 53.2 Å². The molecule has 9 heteroatoms. The third kappa shape index (κ3) is 4.17. The lowest BCUT2D eigenvalue weighted by Gasteiger charge is -2.25. The van der Waals surface area contributed by atoms with Gasteiger partial charge in [-0.25, -0.2) is 19.2 Å². The van der Waals surface area contributed by atoms with Crippen molar-refractivity contribution >= 4 is 39.6 Å². The molecule has 1 aliphatic heterocycles. The zero-order chi connectivity index (χ0) is 25.2. The van der Waals surface area contributed by atoms with Crippen molar-refractivity contribution in [2.75, 3.05) is 13.1 Å². The Bertz CT molecular complexity index is 1510. The summed E-state index contributed by atoms with van der Waals surface area (Å²) >= 11 is 6.07. The number of halogens is 2. The molecule has 0 radical (unpaired) electrons. The van der Waals surface area contributed by atoms with Gasteiger partial charge >= 0.3 is 6.09 Å². The van der Waals surface area contributed by atoms with Gasteiger partial charge in [0.05, 0.1) is 29.5 Å². The summed E-state index contributed by atoms with van der Waals surface area (Å²) in [4.78, 5) is 28.0. The SMILES string of the molecule is CC(C)(C)OC(=O)N1CC[C@@H](n2c(C3CC3)nc3cnc4ccc(-c5cc(Cl)ncc5F)cc4c32)C1. The monoisotopic (exact) mass is 507 g/mol. The highest BCUT2D eigenvalue weighted by Crippen LogP contribution is 2.44. The van der Waals surface area contributed by atoms with E-state index in [0.29, 0.717) is 30.1 Å². The molecule has 4 aromatic rings. The van der Waals surface area contributed by atoms with Crippen molar-refractivity contribution in [1.82, 2.24) is 24.4 Å². The Labute approximate surface area is 213 Å². The van der Waals surface area contributed by atoms with Crippen molar-refractivity contribution in [1.29, 1.82) is 0 Å². The minimum Gasteiger partial charge on any atom is -0.444 e. The molecule has 1 saturated heterocycles. The van der Waals surface area contributed by atoms with E-state index >= 15 is 0 Å². The van der Waals surface area contributed by atoms with E-state index in [1.165, 1.54) is 6.07 Å². The number of aromatic nitrogens is 4. The second-order valence-corrected chi connectivity index (χ2v) is 11.1. The normalized spacial score (nSPS) is 18.4. The van der Waals surface area contributed by atoms with E-state index in [-0.39, 0.29) is 17.3 Å². The van der Waals surface area contributed by atoms with E-state index in [9.17, 15) is 9.18 Å². The molecule has 0 bridgehead atoms. The largest absolute Gasteiger partial charge is 0.444 e. The summed E-state index contributed by atoms with van der Waals surface area (Å²) in [6.45, 7) is 6.81. The number of benzene rings is 1. The maximum atomic E-state index is 14.6. The summed E-state index contributed by atoms with van der Waals surface area (Å²) in [5.41, 5.74) is 3.13. The fourth-order valence-electron chi connectivity index (χ4n) is 5.04. The number of likely N-dealkylation sites (tertiary alicyclic amines) is 1. The van der Waals surface area contributed by atoms with Crippen LogP contribution < -0.4 is 0 Å². The van der Waals surface area contributed by atoms with Gasteiger partial charge in [0.1, 0.15) is 27.9 Å². The van der Waals surface area contributed by atoms with E-state index in [2.05, 4.69) is 14.5 Å². The molecule has 6 rings (SSSR count). The summed E-state index contributed by atoms with van der Waals surface area (Å²) in [7, 11) is 0. The van der Waals surface area contributed by atoms with Crippen molar-refractivity contribution in [3.8, 4) is 11.1 Å². The third-order valence-corrected chi connectivity index (χ3v) is 7.01. The zero-order valence-corrected chi connectivity index (χ0v) is 21.2. The molecule has 3 aromatic heterocycles. The van der Waals surface area contributed by atoms with Crippen LogP contribution in [0.1, 0.15) is 57.8 Å². The Morgan fingerprint density at radius 1 is 1.11 bits per heavy atom. The smallest absolute Gasteiger partial charge is 0.410 e. The summed E-state index contributed by atoms with van der Waals surface area (Å²) in [5.74, 6) is 1.01. The lowest BCUT2D eigenvalue weighted by Crippen LogP contribution is -2.35. The van der Waals surface area contributed by atoms with Gasteiger partial charge in [-0.05, 0) is 63.8 Å². The molecule has 2 aliphatic rings. The Kier molecular flexibility index (Phi) is 5.41. The van der Waals surface area contributed by atoms with Gasteiger partial charge in [0.25, 0.3) is 0 Å². The maximum Gasteiger partial charge on any atom is 0.410 e. The molecule has 0 spiro atoms. The van der Waals surface area contributed by atoms with Crippen LogP contribution in [0.4, 0.5) is 9.18 Å². The van der Waals surface area contributed by atoms with Crippen LogP contribution in [0.15, 0.2) is 36.7 Å². The van der Waals surface area contributed by atoms with Gasteiger partial charge in [-0.2, -0.15) is 0 Å². The number of nitrogens with zero attached hydrogens (tertiary/aromatic N) is 5. The van der Waals surface area contributed by atoms with Gasteiger partial charge in [-0.15, -0.1) is 0 Å². The molecular weight excluding hydrogens is 481 g/mol. The van der Waals surface area contributed by atoms with Crippen LogP contribution >= 0.6 is 11.6 Å². The fraction of sp³-hybridized carbons (Fsp3) is 0.407. The van der Waals surface area contributed by atoms with E-state index < -0.39 is 11.4 Å². The van der Waals surface area contributed by atoms with Gasteiger partial charge in [0.2, 0.25) is 0 Å². The molecule has 1 amide bonds. The number of amides is 1. The standard InChI is InChI=1S/C27H27ClFN5O2/c1-27(2,3)36-26(35)33-9-8-17(14-33)34-24-19-10-16(18-11-23(28)31-12-20(18)29)6-7-21(19)30-13-22(24)32-25(34)15-4-5-15/h6-7,10-13,15,17H,4-5,8-9,14H2,1-3H3/t17-/m1/s1.